The number of nitrogens with zero attached hydrogens (tertiary/aromatic N) is 2. The second-order valence-corrected chi connectivity index (χ2v) is 9.46. The molecule has 0 aliphatic heterocycles. The van der Waals surface area contributed by atoms with E-state index in [-0.39, 0.29) is 6.04 Å². The Labute approximate surface area is 169 Å². The number of hydrogen-bond donors (Lipinski definition) is 1. The number of hydrogen-bond acceptors (Lipinski definition) is 3. The molecule has 0 amide bonds. The molecule has 2 heterocycles. The zero-order valence-corrected chi connectivity index (χ0v) is 18.4. The lowest BCUT2D eigenvalue weighted by atomic mass is 10.1. The first kappa shape index (κ1) is 20.0. The number of aryl methyl sites for hydroxylation is 3. The van der Waals surface area contributed by atoms with Gasteiger partial charge < -0.3 is 4.57 Å². The van der Waals surface area contributed by atoms with Crippen LogP contribution in [0.15, 0.2) is 46.0 Å². The normalized spacial score (nSPS) is 13.2. The first-order valence-corrected chi connectivity index (χ1v) is 11.2. The topological polar surface area (TPSA) is 64.0 Å². The van der Waals surface area contributed by atoms with Gasteiger partial charge in [-0.15, -0.1) is 0 Å². The van der Waals surface area contributed by atoms with E-state index in [0.717, 1.165) is 32.2 Å². The molecule has 0 fully saturated rings. The number of halogens is 1. The third-order valence-electron chi connectivity index (χ3n) is 4.69. The van der Waals surface area contributed by atoms with Crippen molar-refractivity contribution < 1.29 is 8.42 Å². The highest BCUT2D eigenvalue weighted by Gasteiger charge is 2.24. The molecule has 0 spiro atoms. The smallest absolute Gasteiger partial charge is 0.241 e. The summed E-state index contributed by atoms with van der Waals surface area (Å²) in [5.74, 6) is 0. The largest absolute Gasteiger partial charge is 0.330 e. The first-order valence-electron chi connectivity index (χ1n) is 8.92. The van der Waals surface area contributed by atoms with Crippen LogP contribution in [0, 0.1) is 20.8 Å². The fourth-order valence-corrected chi connectivity index (χ4v) is 5.90. The van der Waals surface area contributed by atoms with Crippen molar-refractivity contribution in [2.75, 3.05) is 0 Å². The van der Waals surface area contributed by atoms with Crippen molar-refractivity contribution in [3.8, 4) is 0 Å². The molecule has 0 aliphatic carbocycles. The zero-order valence-electron chi connectivity index (χ0n) is 16.0. The molecule has 27 heavy (non-hydrogen) atoms. The van der Waals surface area contributed by atoms with E-state index in [4.69, 9.17) is 0 Å². The van der Waals surface area contributed by atoms with E-state index in [0.29, 0.717) is 17.9 Å². The van der Waals surface area contributed by atoms with Crippen molar-refractivity contribution in [2.45, 2.75) is 51.6 Å². The van der Waals surface area contributed by atoms with Crippen LogP contribution in [0.25, 0.3) is 11.0 Å². The molecule has 0 aliphatic rings. The summed E-state index contributed by atoms with van der Waals surface area (Å²) in [6, 6.07) is 7.46. The first-order chi connectivity index (χ1) is 12.7. The summed E-state index contributed by atoms with van der Waals surface area (Å²) in [6.45, 7) is 8.15. The maximum atomic E-state index is 13.1. The van der Waals surface area contributed by atoms with E-state index in [2.05, 4.69) is 25.6 Å². The van der Waals surface area contributed by atoms with Crippen LogP contribution in [0.4, 0.5) is 0 Å². The van der Waals surface area contributed by atoms with Gasteiger partial charge in [0.05, 0.1) is 4.90 Å². The van der Waals surface area contributed by atoms with Crippen molar-refractivity contribution in [1.29, 1.82) is 0 Å². The minimum atomic E-state index is -3.61. The Balaban J connectivity index is 1.91. The Morgan fingerprint density at radius 2 is 1.89 bits per heavy atom. The van der Waals surface area contributed by atoms with E-state index in [1.165, 1.54) is 0 Å². The number of fused-ring (bicyclic) bond motifs is 1. The lowest BCUT2D eigenvalue weighted by Crippen LogP contribution is -2.38. The minimum absolute atomic E-state index is 0.236. The number of sulfonamides is 1. The summed E-state index contributed by atoms with van der Waals surface area (Å²) in [4.78, 5) is 4.82. The van der Waals surface area contributed by atoms with Gasteiger partial charge in [-0.3, -0.25) is 0 Å². The third kappa shape index (κ3) is 4.10. The summed E-state index contributed by atoms with van der Waals surface area (Å²) < 4.78 is 32.0. The number of nitrogens with one attached hydrogen (secondary N) is 1. The predicted octanol–water partition coefficient (Wildman–Crippen LogP) is 4.48. The number of rotatable bonds is 6. The highest BCUT2D eigenvalue weighted by Crippen LogP contribution is 2.26. The van der Waals surface area contributed by atoms with Crippen LogP contribution in [-0.4, -0.2) is 24.0 Å². The highest BCUT2D eigenvalue weighted by molar-refractivity contribution is 9.10. The molecular formula is C20H24BrN3O2S. The van der Waals surface area contributed by atoms with Crippen LogP contribution in [0.1, 0.15) is 30.0 Å². The fourth-order valence-electron chi connectivity index (χ4n) is 3.58. The highest BCUT2D eigenvalue weighted by atomic mass is 79.9. The minimum Gasteiger partial charge on any atom is -0.330 e. The van der Waals surface area contributed by atoms with Gasteiger partial charge in [0, 0.05) is 34.8 Å². The van der Waals surface area contributed by atoms with Gasteiger partial charge in [-0.1, -0.05) is 24.6 Å². The number of aromatic nitrogens is 2. The lowest BCUT2D eigenvalue weighted by Gasteiger charge is -2.20. The maximum absolute atomic E-state index is 13.1. The molecule has 0 radical (unpaired) electrons. The van der Waals surface area contributed by atoms with Gasteiger partial charge in [0.1, 0.15) is 5.65 Å². The molecule has 144 valence electrons. The maximum Gasteiger partial charge on any atom is 0.241 e. The molecule has 7 heteroatoms. The molecular weight excluding hydrogens is 426 g/mol. The molecule has 3 aromatic rings. The Hall–Kier alpha value is -1.70. The Kier molecular flexibility index (Phi) is 5.74. The average Bonchev–Trinajstić information content (AvgIpc) is 2.89. The Morgan fingerprint density at radius 1 is 1.22 bits per heavy atom. The van der Waals surface area contributed by atoms with E-state index in [1.807, 2.05) is 62.7 Å². The van der Waals surface area contributed by atoms with E-state index in [1.54, 1.807) is 6.20 Å². The van der Waals surface area contributed by atoms with E-state index >= 15 is 0 Å². The van der Waals surface area contributed by atoms with E-state index < -0.39 is 10.0 Å². The molecule has 0 saturated carbocycles. The van der Waals surface area contributed by atoms with Crippen LogP contribution in [0.5, 0.6) is 0 Å². The van der Waals surface area contributed by atoms with Crippen molar-refractivity contribution in [3.05, 3.63) is 57.8 Å². The van der Waals surface area contributed by atoms with Gasteiger partial charge in [0.15, 0.2) is 0 Å². The van der Waals surface area contributed by atoms with Crippen molar-refractivity contribution in [3.63, 3.8) is 0 Å². The molecule has 2 aromatic heterocycles. The van der Waals surface area contributed by atoms with Gasteiger partial charge in [0.2, 0.25) is 10.0 Å². The van der Waals surface area contributed by atoms with Gasteiger partial charge in [-0.05, 0) is 66.4 Å². The quantitative estimate of drug-likeness (QED) is 0.602. The second kappa shape index (κ2) is 7.73. The predicted molar refractivity (Wildman–Crippen MR) is 112 cm³/mol. The van der Waals surface area contributed by atoms with Gasteiger partial charge in [-0.2, -0.15) is 0 Å². The van der Waals surface area contributed by atoms with Crippen molar-refractivity contribution in [2.24, 2.45) is 0 Å². The Morgan fingerprint density at radius 3 is 2.52 bits per heavy atom. The average molecular weight is 450 g/mol. The van der Waals surface area contributed by atoms with E-state index in [9.17, 15) is 8.42 Å². The van der Waals surface area contributed by atoms with Crippen LogP contribution < -0.4 is 4.72 Å². The summed E-state index contributed by atoms with van der Waals surface area (Å²) in [5, 5.41) is 1.01. The molecule has 1 N–H and O–H groups in total. The van der Waals surface area contributed by atoms with Gasteiger partial charge >= 0.3 is 0 Å². The van der Waals surface area contributed by atoms with Crippen molar-refractivity contribution in [1.82, 2.24) is 14.3 Å². The second-order valence-electron chi connectivity index (χ2n) is 6.96. The van der Waals surface area contributed by atoms with Crippen LogP contribution in [0.2, 0.25) is 0 Å². The molecule has 0 bridgehead atoms. The van der Waals surface area contributed by atoms with Crippen molar-refractivity contribution >= 4 is 37.0 Å². The van der Waals surface area contributed by atoms with Gasteiger partial charge in [-0.25, -0.2) is 18.1 Å². The summed E-state index contributed by atoms with van der Waals surface area (Å²) in [7, 11) is -3.61. The third-order valence-corrected chi connectivity index (χ3v) is 7.15. The molecule has 0 saturated heterocycles. The molecule has 0 unspecified atom stereocenters. The number of pyridine rings is 1. The summed E-state index contributed by atoms with van der Waals surface area (Å²) in [6.07, 6.45) is 4.37. The monoisotopic (exact) mass is 449 g/mol. The SMILES string of the molecule is CC[C@@H](Cn1cc(Br)c2cccnc21)NS(=O)(=O)c1c(C)cc(C)cc1C. The Bertz CT molecular complexity index is 1070. The van der Waals surface area contributed by atoms with Gasteiger partial charge in [0.25, 0.3) is 0 Å². The zero-order chi connectivity index (χ0) is 19.8. The fraction of sp³-hybridized carbons (Fsp3) is 0.350. The van der Waals surface area contributed by atoms with Crippen LogP contribution in [0.3, 0.4) is 0 Å². The van der Waals surface area contributed by atoms with Crippen LogP contribution in [-0.2, 0) is 16.6 Å². The molecule has 5 nitrogen and oxygen atoms in total. The van der Waals surface area contributed by atoms with Crippen LogP contribution >= 0.6 is 15.9 Å². The number of benzene rings is 1. The summed E-state index contributed by atoms with van der Waals surface area (Å²) in [5.41, 5.74) is 3.44. The molecule has 1 aromatic carbocycles. The lowest BCUT2D eigenvalue weighted by molar-refractivity contribution is 0.490. The molecule has 1 atom stereocenters. The summed E-state index contributed by atoms with van der Waals surface area (Å²) >= 11 is 3.55. The standard InChI is InChI=1S/C20H24BrN3O2S/c1-5-16(11-24-12-18(21)17-7-6-8-22-20(17)24)23-27(25,26)19-14(3)9-13(2)10-15(19)4/h6-10,12,16,23H,5,11H2,1-4H3/t16-/m0/s1. The molecule has 3 rings (SSSR count).